The number of rotatable bonds is 1. The Balaban J connectivity index is 2.75. The number of benzene rings is 1. The third-order valence-corrected chi connectivity index (χ3v) is 1.75. The summed E-state index contributed by atoms with van der Waals surface area (Å²) in [4.78, 5) is 13.9. The quantitative estimate of drug-likeness (QED) is 0.422. The highest BCUT2D eigenvalue weighted by Crippen LogP contribution is 2.12. The van der Waals surface area contributed by atoms with Crippen LogP contribution in [-0.2, 0) is 4.79 Å². The van der Waals surface area contributed by atoms with Crippen LogP contribution in [0.1, 0.15) is 0 Å². The maximum atomic E-state index is 13.2. The minimum Gasteiger partial charge on any atom is -0.297 e. The molecule has 0 radical (unpaired) electrons. The summed E-state index contributed by atoms with van der Waals surface area (Å²) in [7, 11) is 0. The minimum atomic E-state index is -2.14. The van der Waals surface area contributed by atoms with Gasteiger partial charge in [0, 0.05) is 5.22 Å². The molecular formula is C9H6FNO. The van der Waals surface area contributed by atoms with Crippen LogP contribution in [0.2, 0.25) is 0 Å². The molecule has 1 heterocycles. The molecule has 2 rings (SSSR count). The molecule has 1 aliphatic heterocycles. The summed E-state index contributed by atoms with van der Waals surface area (Å²) < 4.78 is 13.2. The predicted octanol–water partition coefficient (Wildman–Crippen LogP) is -0.0350. The Bertz CT molecular complexity index is 403. The van der Waals surface area contributed by atoms with Crippen molar-refractivity contribution in [3.63, 3.8) is 0 Å². The molecule has 3 heteroatoms. The third kappa shape index (κ3) is 0.942. The van der Waals surface area contributed by atoms with Gasteiger partial charge in [0.2, 0.25) is 0 Å². The lowest BCUT2D eigenvalue weighted by Gasteiger charge is -2.00. The second-order valence-corrected chi connectivity index (χ2v) is 2.66. The summed E-state index contributed by atoms with van der Waals surface area (Å²) in [6.07, 6.45) is 1.42. The lowest BCUT2D eigenvalue weighted by Crippen LogP contribution is -2.19. The minimum absolute atomic E-state index is 0.201. The smallest absolute Gasteiger partial charge is 0.275 e. The average Bonchev–Trinajstić information content (AvgIpc) is 2.42. The Kier molecular flexibility index (Phi) is 1.33. The summed E-state index contributed by atoms with van der Waals surface area (Å²) in [5.74, 6) is -2.14. The van der Waals surface area contributed by atoms with Crippen LogP contribution in [0, 0.1) is 0 Å². The number of hydrogen-bond acceptors (Lipinski definition) is 2. The Morgan fingerprint density at radius 2 is 2.17 bits per heavy atom. The van der Waals surface area contributed by atoms with E-state index in [0.29, 0.717) is 10.6 Å². The van der Waals surface area contributed by atoms with E-state index in [1.807, 2.05) is 0 Å². The van der Waals surface area contributed by atoms with E-state index in [2.05, 4.69) is 4.99 Å². The topological polar surface area (TPSA) is 29.4 Å². The predicted molar refractivity (Wildman–Crippen MR) is 41.6 cm³/mol. The number of alkyl halides is 1. The highest BCUT2D eigenvalue weighted by molar-refractivity contribution is 5.74. The van der Waals surface area contributed by atoms with E-state index < -0.39 is 5.79 Å². The Labute approximate surface area is 68.1 Å². The molecule has 0 N–H and O–H groups in total. The van der Waals surface area contributed by atoms with E-state index in [9.17, 15) is 9.18 Å². The van der Waals surface area contributed by atoms with Crippen molar-refractivity contribution in [1.82, 2.24) is 0 Å². The van der Waals surface area contributed by atoms with Gasteiger partial charge in [0.05, 0.1) is 5.36 Å². The molecule has 0 aliphatic carbocycles. The molecule has 1 aromatic rings. The number of fused-ring (bicyclic) bond motifs is 1. The first-order valence-corrected chi connectivity index (χ1v) is 3.57. The fourth-order valence-electron chi connectivity index (χ4n) is 1.21. The van der Waals surface area contributed by atoms with Crippen molar-refractivity contribution < 1.29 is 9.18 Å². The molecule has 2 nitrogen and oxygen atoms in total. The summed E-state index contributed by atoms with van der Waals surface area (Å²) in [6.45, 7) is 0. The van der Waals surface area contributed by atoms with Gasteiger partial charge in [-0.05, 0) is 12.1 Å². The Morgan fingerprint density at radius 1 is 1.42 bits per heavy atom. The molecule has 0 saturated heterocycles. The van der Waals surface area contributed by atoms with Crippen LogP contribution in [0.5, 0.6) is 0 Å². The lowest BCUT2D eigenvalue weighted by molar-refractivity contribution is -0.114. The van der Waals surface area contributed by atoms with Crippen LogP contribution in [0.4, 0.5) is 4.39 Å². The van der Waals surface area contributed by atoms with E-state index in [-0.39, 0.29) is 6.29 Å². The molecule has 60 valence electrons. The van der Waals surface area contributed by atoms with Crippen molar-refractivity contribution in [2.24, 2.45) is 4.99 Å². The number of para-hydroxylation sites is 1. The van der Waals surface area contributed by atoms with Crippen LogP contribution in [0.15, 0.2) is 29.3 Å². The molecule has 0 fully saturated rings. The Hall–Kier alpha value is -1.51. The van der Waals surface area contributed by atoms with Crippen LogP contribution < -0.4 is 10.6 Å². The van der Waals surface area contributed by atoms with Gasteiger partial charge in [-0.2, -0.15) is 0 Å². The number of halogens is 1. The molecule has 1 aromatic carbocycles. The lowest BCUT2D eigenvalue weighted by atomic mass is 10.2. The SMILES string of the molecule is O=CC1(F)C=c2ccccc2=N1. The van der Waals surface area contributed by atoms with Gasteiger partial charge < -0.3 is 0 Å². The van der Waals surface area contributed by atoms with Gasteiger partial charge in [-0.1, -0.05) is 18.2 Å². The van der Waals surface area contributed by atoms with Gasteiger partial charge in [0.15, 0.2) is 6.29 Å². The number of carbonyl (C=O) groups excluding carboxylic acids is 1. The zero-order valence-corrected chi connectivity index (χ0v) is 6.20. The van der Waals surface area contributed by atoms with Gasteiger partial charge in [-0.15, -0.1) is 0 Å². The monoisotopic (exact) mass is 163 g/mol. The molecule has 0 aromatic heterocycles. The zero-order chi connectivity index (χ0) is 8.60. The summed E-state index contributed by atoms with van der Waals surface area (Å²) in [5, 5.41) is 1.21. The number of nitrogens with zero attached hydrogens (tertiary/aromatic N) is 1. The van der Waals surface area contributed by atoms with Crippen molar-refractivity contribution in [3.05, 3.63) is 34.8 Å². The largest absolute Gasteiger partial charge is 0.297 e. The van der Waals surface area contributed by atoms with Crippen molar-refractivity contribution in [2.75, 3.05) is 0 Å². The fourth-order valence-corrected chi connectivity index (χ4v) is 1.21. The molecule has 1 atom stereocenters. The molecular weight excluding hydrogens is 157 g/mol. The zero-order valence-electron chi connectivity index (χ0n) is 6.20. The number of aldehydes is 1. The maximum Gasteiger partial charge on any atom is 0.275 e. The molecule has 0 amide bonds. The van der Waals surface area contributed by atoms with E-state index in [0.717, 1.165) is 0 Å². The first-order chi connectivity index (χ1) is 5.73. The second kappa shape index (κ2) is 2.24. The van der Waals surface area contributed by atoms with E-state index >= 15 is 0 Å². The third-order valence-electron chi connectivity index (χ3n) is 1.75. The van der Waals surface area contributed by atoms with E-state index in [4.69, 9.17) is 0 Å². The molecule has 0 saturated carbocycles. The molecule has 0 bridgehead atoms. The fraction of sp³-hybridized carbons (Fsp3) is 0.111. The van der Waals surface area contributed by atoms with Crippen molar-refractivity contribution in [1.29, 1.82) is 0 Å². The van der Waals surface area contributed by atoms with Gasteiger partial charge in [-0.25, -0.2) is 9.38 Å². The van der Waals surface area contributed by atoms with Crippen LogP contribution >= 0.6 is 0 Å². The first kappa shape index (κ1) is 7.16. The van der Waals surface area contributed by atoms with Crippen molar-refractivity contribution in [3.8, 4) is 0 Å². The summed E-state index contributed by atoms with van der Waals surface area (Å²) >= 11 is 0. The second-order valence-electron chi connectivity index (χ2n) is 2.66. The van der Waals surface area contributed by atoms with Gasteiger partial charge >= 0.3 is 0 Å². The molecule has 0 spiro atoms. The van der Waals surface area contributed by atoms with Crippen LogP contribution in [0.3, 0.4) is 0 Å². The molecule has 1 aliphatic rings. The molecule has 1 unspecified atom stereocenters. The first-order valence-electron chi connectivity index (χ1n) is 3.57. The average molecular weight is 163 g/mol. The normalized spacial score (nSPS) is 25.4. The van der Waals surface area contributed by atoms with Crippen molar-refractivity contribution >= 4 is 12.4 Å². The van der Waals surface area contributed by atoms with Gasteiger partial charge in [0.25, 0.3) is 5.79 Å². The van der Waals surface area contributed by atoms with Gasteiger partial charge in [0.1, 0.15) is 0 Å². The molecule has 12 heavy (non-hydrogen) atoms. The highest BCUT2D eigenvalue weighted by atomic mass is 19.1. The summed E-state index contributed by atoms with van der Waals surface area (Å²) in [5.41, 5.74) is 0. The van der Waals surface area contributed by atoms with E-state index in [1.165, 1.54) is 6.08 Å². The Morgan fingerprint density at radius 3 is 2.83 bits per heavy atom. The maximum absolute atomic E-state index is 13.2. The van der Waals surface area contributed by atoms with Crippen LogP contribution in [0.25, 0.3) is 6.08 Å². The highest BCUT2D eigenvalue weighted by Gasteiger charge is 2.27. The number of hydrogen-bond donors (Lipinski definition) is 0. The number of carbonyl (C=O) groups is 1. The van der Waals surface area contributed by atoms with E-state index in [1.54, 1.807) is 24.3 Å². The van der Waals surface area contributed by atoms with Crippen LogP contribution in [-0.4, -0.2) is 12.1 Å². The van der Waals surface area contributed by atoms with Gasteiger partial charge in [-0.3, -0.25) is 4.79 Å². The standard InChI is InChI=1S/C9H6FNO/c10-9(6-12)5-7-3-1-2-4-8(7)11-9/h1-6H. The summed E-state index contributed by atoms with van der Waals surface area (Å²) in [6, 6.07) is 6.94. The van der Waals surface area contributed by atoms with Crippen molar-refractivity contribution in [2.45, 2.75) is 5.79 Å².